The Bertz CT molecular complexity index is 522. The number of amides is 1. The van der Waals surface area contributed by atoms with Crippen LogP contribution in [-0.4, -0.2) is 68.8 Å². The Morgan fingerprint density at radius 1 is 1.35 bits per heavy atom. The molecule has 1 amide bonds. The number of nitrogens with one attached hydrogen (secondary N) is 1. The first-order valence-corrected chi connectivity index (χ1v) is 8.39. The van der Waals surface area contributed by atoms with Crippen LogP contribution in [0.25, 0.3) is 0 Å². The van der Waals surface area contributed by atoms with E-state index in [9.17, 15) is 4.79 Å². The maximum atomic E-state index is 11.9. The summed E-state index contributed by atoms with van der Waals surface area (Å²) in [5, 5.41) is 3.99. The van der Waals surface area contributed by atoms with Gasteiger partial charge >= 0.3 is 0 Å². The molecule has 1 N–H and O–H groups in total. The van der Waals surface area contributed by atoms with E-state index >= 15 is 0 Å². The smallest absolute Gasteiger partial charge is 0.234 e. The van der Waals surface area contributed by atoms with E-state index in [1.807, 2.05) is 0 Å². The average Bonchev–Trinajstić information content (AvgIpc) is 2.53. The minimum Gasteiger partial charge on any atom is -0.385 e. The number of carbonyl (C=O) groups excluding carboxylic acids is 1. The number of hydrogen-bond acceptors (Lipinski definition) is 5. The van der Waals surface area contributed by atoms with E-state index in [0.717, 1.165) is 38.4 Å². The number of nitrogens with zero attached hydrogens (tertiary/aromatic N) is 3. The molecule has 128 valence electrons. The molecular weight excluding hydrogens is 339 g/mol. The fourth-order valence-electron chi connectivity index (χ4n) is 2.46. The molecule has 2 rings (SSSR count). The summed E-state index contributed by atoms with van der Waals surface area (Å²) in [5.41, 5.74) is 0. The normalized spacial score (nSPS) is 15.7. The lowest BCUT2D eigenvalue weighted by atomic mass is 10.3. The van der Waals surface area contributed by atoms with Gasteiger partial charge in [-0.05, 0) is 12.5 Å². The predicted molar refractivity (Wildman–Crippen MR) is 92.4 cm³/mol. The van der Waals surface area contributed by atoms with Gasteiger partial charge in [0.25, 0.3) is 0 Å². The van der Waals surface area contributed by atoms with Gasteiger partial charge in [0.2, 0.25) is 5.91 Å². The molecule has 1 aromatic rings. The number of piperazine rings is 1. The summed E-state index contributed by atoms with van der Waals surface area (Å²) in [6.07, 6.45) is 2.43. The molecule has 23 heavy (non-hydrogen) atoms. The summed E-state index contributed by atoms with van der Waals surface area (Å²) in [5.74, 6) is 0.803. The van der Waals surface area contributed by atoms with Crippen molar-refractivity contribution in [3.63, 3.8) is 0 Å². The highest BCUT2D eigenvalue weighted by molar-refractivity contribution is 6.36. The lowest BCUT2D eigenvalue weighted by molar-refractivity contribution is -0.122. The highest BCUT2D eigenvalue weighted by Crippen LogP contribution is 2.26. The molecule has 0 unspecified atom stereocenters. The Hall–Kier alpha value is -1.08. The molecule has 0 bridgehead atoms. The molecule has 1 aliphatic heterocycles. The molecule has 0 radical (unpaired) electrons. The molecule has 0 aliphatic carbocycles. The lowest BCUT2D eigenvalue weighted by Crippen LogP contribution is -2.49. The zero-order chi connectivity index (χ0) is 16.7. The van der Waals surface area contributed by atoms with E-state index in [2.05, 4.69) is 20.1 Å². The molecule has 1 aliphatic rings. The van der Waals surface area contributed by atoms with Crippen LogP contribution in [0.4, 0.5) is 5.82 Å². The quantitative estimate of drug-likeness (QED) is 0.749. The predicted octanol–water partition coefficient (Wildman–Crippen LogP) is 1.66. The van der Waals surface area contributed by atoms with E-state index in [1.54, 1.807) is 19.4 Å². The Morgan fingerprint density at radius 2 is 2.09 bits per heavy atom. The van der Waals surface area contributed by atoms with Crippen LogP contribution in [0, 0.1) is 0 Å². The van der Waals surface area contributed by atoms with E-state index in [4.69, 9.17) is 27.9 Å². The standard InChI is InChI=1S/C15H22Cl2N4O2/c1-23-8-2-3-18-14(22)11-20-4-6-21(7-5-20)15-13(17)9-12(16)10-19-15/h9-10H,2-8,11H2,1H3,(H,18,22). The first kappa shape index (κ1) is 18.3. The molecule has 1 fully saturated rings. The highest BCUT2D eigenvalue weighted by atomic mass is 35.5. The van der Waals surface area contributed by atoms with Crippen LogP contribution in [0.5, 0.6) is 0 Å². The average molecular weight is 361 g/mol. The van der Waals surface area contributed by atoms with Gasteiger partial charge in [-0.15, -0.1) is 0 Å². The second-order valence-electron chi connectivity index (χ2n) is 5.42. The van der Waals surface area contributed by atoms with Crippen LogP contribution < -0.4 is 10.2 Å². The van der Waals surface area contributed by atoms with E-state index in [0.29, 0.717) is 29.7 Å². The molecule has 0 aromatic carbocycles. The van der Waals surface area contributed by atoms with Gasteiger partial charge in [-0.3, -0.25) is 9.69 Å². The number of hydrogen-bond donors (Lipinski definition) is 1. The summed E-state index contributed by atoms with van der Waals surface area (Å²) in [6, 6.07) is 1.70. The van der Waals surface area contributed by atoms with Gasteiger partial charge in [0.1, 0.15) is 5.82 Å². The molecule has 0 saturated carbocycles. The molecule has 8 heteroatoms. The molecular formula is C15H22Cl2N4O2. The van der Waals surface area contributed by atoms with Crippen molar-refractivity contribution in [2.24, 2.45) is 0 Å². The summed E-state index contributed by atoms with van der Waals surface area (Å²) in [7, 11) is 1.66. The number of anilines is 1. The summed E-state index contributed by atoms with van der Waals surface area (Å²) < 4.78 is 4.95. The second-order valence-corrected chi connectivity index (χ2v) is 6.26. The number of carbonyl (C=O) groups is 1. The molecule has 6 nitrogen and oxygen atoms in total. The highest BCUT2D eigenvalue weighted by Gasteiger charge is 2.21. The Labute approximate surface area is 146 Å². The molecule has 0 atom stereocenters. The van der Waals surface area contributed by atoms with Gasteiger partial charge in [-0.25, -0.2) is 4.98 Å². The Morgan fingerprint density at radius 3 is 2.74 bits per heavy atom. The van der Waals surface area contributed by atoms with Gasteiger partial charge in [-0.1, -0.05) is 23.2 Å². The van der Waals surface area contributed by atoms with E-state index in [-0.39, 0.29) is 5.91 Å². The lowest BCUT2D eigenvalue weighted by Gasteiger charge is -2.35. The first-order valence-electron chi connectivity index (χ1n) is 7.64. The second kappa shape index (κ2) is 9.27. The van der Waals surface area contributed by atoms with Crippen molar-refractivity contribution in [1.29, 1.82) is 0 Å². The van der Waals surface area contributed by atoms with Gasteiger partial charge in [0.05, 0.1) is 16.6 Å². The van der Waals surface area contributed by atoms with Crippen LogP contribution >= 0.6 is 23.2 Å². The Balaban J connectivity index is 1.74. The molecule has 2 heterocycles. The van der Waals surface area contributed by atoms with Crippen molar-refractivity contribution in [3.05, 3.63) is 22.3 Å². The third-order valence-electron chi connectivity index (χ3n) is 3.67. The van der Waals surface area contributed by atoms with Crippen molar-refractivity contribution >= 4 is 34.9 Å². The minimum absolute atomic E-state index is 0.0530. The number of methoxy groups -OCH3 is 1. The maximum absolute atomic E-state index is 11.9. The molecule has 1 aromatic heterocycles. The van der Waals surface area contributed by atoms with Crippen LogP contribution in [0.3, 0.4) is 0 Å². The number of aromatic nitrogens is 1. The summed E-state index contributed by atoms with van der Waals surface area (Å²) in [4.78, 5) is 20.4. The number of halogens is 2. The Kier molecular flexibility index (Phi) is 7.36. The maximum Gasteiger partial charge on any atom is 0.234 e. The van der Waals surface area contributed by atoms with Crippen molar-refractivity contribution in [2.75, 3.05) is 57.9 Å². The molecule has 1 saturated heterocycles. The van der Waals surface area contributed by atoms with Gasteiger partial charge in [0.15, 0.2) is 0 Å². The number of rotatable bonds is 7. The van der Waals surface area contributed by atoms with Crippen molar-refractivity contribution < 1.29 is 9.53 Å². The third-order valence-corrected chi connectivity index (χ3v) is 4.16. The fourth-order valence-corrected chi connectivity index (χ4v) is 2.96. The van der Waals surface area contributed by atoms with Crippen LogP contribution in [0.15, 0.2) is 12.3 Å². The number of pyridine rings is 1. The topological polar surface area (TPSA) is 57.7 Å². The van der Waals surface area contributed by atoms with Gasteiger partial charge in [-0.2, -0.15) is 0 Å². The third kappa shape index (κ3) is 5.80. The van der Waals surface area contributed by atoms with Crippen molar-refractivity contribution in [2.45, 2.75) is 6.42 Å². The van der Waals surface area contributed by atoms with Gasteiger partial charge in [0, 0.05) is 52.6 Å². The fraction of sp³-hybridized carbons (Fsp3) is 0.600. The van der Waals surface area contributed by atoms with Crippen molar-refractivity contribution in [1.82, 2.24) is 15.2 Å². The largest absolute Gasteiger partial charge is 0.385 e. The van der Waals surface area contributed by atoms with Gasteiger partial charge < -0.3 is 15.0 Å². The zero-order valence-electron chi connectivity index (χ0n) is 13.2. The number of ether oxygens (including phenoxy) is 1. The van der Waals surface area contributed by atoms with E-state index < -0.39 is 0 Å². The zero-order valence-corrected chi connectivity index (χ0v) is 14.7. The van der Waals surface area contributed by atoms with Crippen LogP contribution in [0.1, 0.15) is 6.42 Å². The summed E-state index contributed by atoms with van der Waals surface area (Å²) in [6.45, 7) is 4.89. The van der Waals surface area contributed by atoms with Crippen LogP contribution in [0.2, 0.25) is 10.0 Å². The summed E-state index contributed by atoms with van der Waals surface area (Å²) >= 11 is 12.1. The first-order chi connectivity index (χ1) is 11.1. The monoisotopic (exact) mass is 360 g/mol. The van der Waals surface area contributed by atoms with E-state index in [1.165, 1.54) is 0 Å². The molecule has 0 spiro atoms. The van der Waals surface area contributed by atoms with Crippen LogP contribution in [-0.2, 0) is 9.53 Å². The van der Waals surface area contributed by atoms with Crippen molar-refractivity contribution in [3.8, 4) is 0 Å². The SMILES string of the molecule is COCCCNC(=O)CN1CCN(c2ncc(Cl)cc2Cl)CC1. The minimum atomic E-state index is 0.0530.